The number of hydrogen-bond acceptors (Lipinski definition) is 2. The fourth-order valence-corrected chi connectivity index (χ4v) is 4.05. The van der Waals surface area contributed by atoms with Crippen molar-refractivity contribution in [3.63, 3.8) is 0 Å². The van der Waals surface area contributed by atoms with Gasteiger partial charge >= 0.3 is 0 Å². The summed E-state index contributed by atoms with van der Waals surface area (Å²) in [5.41, 5.74) is 5.50. The second-order valence-corrected chi connectivity index (χ2v) is 9.14. The third kappa shape index (κ3) is 22.1. The molecule has 164 valence electrons. The number of nitrogens with two attached hydrogens (primary N) is 1. The molecule has 0 bridgehead atoms. The highest BCUT2D eigenvalue weighted by Gasteiger charge is 2.09. The van der Waals surface area contributed by atoms with Crippen LogP contribution in [-0.2, 0) is 0 Å². The second kappa shape index (κ2) is 22.2. The SMILES string of the molecule is CCCCCCCCCCCCCCCCN(C)C.NCC1CCCCC1. The minimum atomic E-state index is 0.865. The van der Waals surface area contributed by atoms with Crippen LogP contribution < -0.4 is 5.73 Å². The van der Waals surface area contributed by atoms with Gasteiger partial charge in [0.25, 0.3) is 0 Å². The molecule has 27 heavy (non-hydrogen) atoms. The van der Waals surface area contributed by atoms with E-state index in [-0.39, 0.29) is 0 Å². The number of rotatable bonds is 16. The molecule has 0 aromatic carbocycles. The Morgan fingerprint density at radius 2 is 1.04 bits per heavy atom. The highest BCUT2D eigenvalue weighted by Crippen LogP contribution is 2.21. The highest BCUT2D eigenvalue weighted by atomic mass is 15.0. The molecule has 2 nitrogen and oxygen atoms in total. The van der Waals surface area contributed by atoms with Crippen molar-refractivity contribution in [1.29, 1.82) is 0 Å². The third-order valence-corrected chi connectivity index (χ3v) is 6.02. The van der Waals surface area contributed by atoms with E-state index >= 15 is 0 Å². The van der Waals surface area contributed by atoms with Crippen molar-refractivity contribution in [3.8, 4) is 0 Å². The van der Waals surface area contributed by atoms with Gasteiger partial charge in [-0.2, -0.15) is 0 Å². The molecule has 0 aromatic heterocycles. The molecule has 0 saturated heterocycles. The first-order chi connectivity index (χ1) is 13.2. The Bertz CT molecular complexity index is 259. The zero-order valence-corrected chi connectivity index (χ0v) is 19.5. The van der Waals surface area contributed by atoms with E-state index in [0.29, 0.717) is 0 Å². The van der Waals surface area contributed by atoms with Crippen LogP contribution in [0.15, 0.2) is 0 Å². The van der Waals surface area contributed by atoms with Crippen LogP contribution in [0, 0.1) is 5.92 Å². The van der Waals surface area contributed by atoms with Gasteiger partial charge in [0.05, 0.1) is 0 Å². The van der Waals surface area contributed by atoms with Crippen LogP contribution in [0.4, 0.5) is 0 Å². The lowest BCUT2D eigenvalue weighted by molar-refractivity contribution is 0.366. The molecular weight excluding hydrogens is 328 g/mol. The van der Waals surface area contributed by atoms with Crippen LogP contribution in [0.5, 0.6) is 0 Å². The monoisotopic (exact) mass is 382 g/mol. The van der Waals surface area contributed by atoms with Crippen molar-refractivity contribution in [2.45, 2.75) is 129 Å². The van der Waals surface area contributed by atoms with Crippen LogP contribution in [0.3, 0.4) is 0 Å². The van der Waals surface area contributed by atoms with Crippen LogP contribution in [0.25, 0.3) is 0 Å². The predicted molar refractivity (Wildman–Crippen MR) is 124 cm³/mol. The van der Waals surface area contributed by atoms with E-state index in [0.717, 1.165) is 12.5 Å². The van der Waals surface area contributed by atoms with Gasteiger partial charge in [0.15, 0.2) is 0 Å². The Hall–Kier alpha value is -0.0800. The molecule has 0 radical (unpaired) electrons. The Labute approximate surface area is 173 Å². The van der Waals surface area contributed by atoms with E-state index in [1.807, 2.05) is 0 Å². The molecule has 1 fully saturated rings. The zero-order valence-electron chi connectivity index (χ0n) is 19.5. The van der Waals surface area contributed by atoms with Crippen molar-refractivity contribution in [1.82, 2.24) is 4.90 Å². The molecule has 0 aromatic rings. The van der Waals surface area contributed by atoms with E-state index in [9.17, 15) is 0 Å². The molecule has 0 amide bonds. The van der Waals surface area contributed by atoms with Crippen molar-refractivity contribution in [3.05, 3.63) is 0 Å². The van der Waals surface area contributed by atoms with E-state index < -0.39 is 0 Å². The lowest BCUT2D eigenvalue weighted by Gasteiger charge is -2.18. The van der Waals surface area contributed by atoms with Gasteiger partial charge in [-0.05, 0) is 52.4 Å². The molecule has 0 spiro atoms. The minimum absolute atomic E-state index is 0.865. The topological polar surface area (TPSA) is 29.3 Å². The van der Waals surface area contributed by atoms with Gasteiger partial charge < -0.3 is 10.6 Å². The molecule has 1 aliphatic rings. The minimum Gasteiger partial charge on any atom is -0.330 e. The first-order valence-electron chi connectivity index (χ1n) is 12.6. The standard InChI is InChI=1S/C18H39N.C7H15N/c1-4-5-6-7-8-9-10-11-12-13-14-15-16-17-18-19(2)3;8-6-7-4-2-1-3-5-7/h4-18H2,1-3H3;7H,1-6,8H2. The molecule has 0 heterocycles. The quantitative estimate of drug-likeness (QED) is 0.279. The van der Waals surface area contributed by atoms with E-state index in [1.165, 1.54) is 129 Å². The van der Waals surface area contributed by atoms with E-state index in [4.69, 9.17) is 5.73 Å². The smallest absolute Gasteiger partial charge is 0.00248 e. The lowest BCUT2D eigenvalue weighted by Crippen LogP contribution is -2.16. The fourth-order valence-electron chi connectivity index (χ4n) is 4.05. The maximum Gasteiger partial charge on any atom is -0.00248 e. The van der Waals surface area contributed by atoms with Gasteiger partial charge in [-0.25, -0.2) is 0 Å². The summed E-state index contributed by atoms with van der Waals surface area (Å²) >= 11 is 0. The van der Waals surface area contributed by atoms with Gasteiger partial charge in [0.1, 0.15) is 0 Å². The molecule has 1 aliphatic carbocycles. The molecule has 2 N–H and O–H groups in total. The van der Waals surface area contributed by atoms with Gasteiger partial charge in [-0.1, -0.05) is 110 Å². The molecule has 0 atom stereocenters. The van der Waals surface area contributed by atoms with Gasteiger partial charge in [-0.3, -0.25) is 0 Å². The Kier molecular flexibility index (Phi) is 22.1. The Balaban J connectivity index is 0.000000694. The zero-order chi connectivity index (χ0) is 20.0. The molecule has 1 rings (SSSR count). The molecule has 0 unspecified atom stereocenters. The van der Waals surface area contributed by atoms with Crippen molar-refractivity contribution in [2.24, 2.45) is 11.7 Å². The lowest BCUT2D eigenvalue weighted by atomic mass is 9.90. The van der Waals surface area contributed by atoms with Crippen molar-refractivity contribution < 1.29 is 0 Å². The third-order valence-electron chi connectivity index (χ3n) is 6.02. The average Bonchev–Trinajstić information content (AvgIpc) is 2.69. The maximum absolute atomic E-state index is 5.50. The average molecular weight is 383 g/mol. The van der Waals surface area contributed by atoms with Crippen LogP contribution in [-0.4, -0.2) is 32.1 Å². The fraction of sp³-hybridized carbons (Fsp3) is 1.00. The molecular formula is C25H54N2. The number of hydrogen-bond donors (Lipinski definition) is 1. The summed E-state index contributed by atoms with van der Waals surface area (Å²) in [6, 6.07) is 0. The van der Waals surface area contributed by atoms with Crippen LogP contribution in [0.2, 0.25) is 0 Å². The summed E-state index contributed by atoms with van der Waals surface area (Å²) < 4.78 is 0. The number of nitrogens with zero attached hydrogens (tertiary/aromatic N) is 1. The second-order valence-electron chi connectivity index (χ2n) is 9.14. The van der Waals surface area contributed by atoms with Crippen LogP contribution >= 0.6 is 0 Å². The van der Waals surface area contributed by atoms with Crippen molar-refractivity contribution >= 4 is 0 Å². The number of unbranched alkanes of at least 4 members (excludes halogenated alkanes) is 13. The highest BCUT2D eigenvalue weighted by molar-refractivity contribution is 4.65. The molecule has 0 aliphatic heterocycles. The van der Waals surface area contributed by atoms with E-state index in [1.54, 1.807) is 0 Å². The Morgan fingerprint density at radius 3 is 1.37 bits per heavy atom. The van der Waals surface area contributed by atoms with E-state index in [2.05, 4.69) is 25.9 Å². The molecule has 2 heteroatoms. The summed E-state index contributed by atoms with van der Waals surface area (Å²) in [7, 11) is 4.34. The summed E-state index contributed by atoms with van der Waals surface area (Å²) in [6.45, 7) is 4.47. The first-order valence-corrected chi connectivity index (χ1v) is 12.6. The first kappa shape index (κ1) is 26.9. The van der Waals surface area contributed by atoms with Crippen LogP contribution in [0.1, 0.15) is 129 Å². The normalized spacial score (nSPS) is 15.0. The largest absolute Gasteiger partial charge is 0.330 e. The maximum atomic E-state index is 5.50. The van der Waals surface area contributed by atoms with Gasteiger partial charge in [-0.15, -0.1) is 0 Å². The summed E-state index contributed by atoms with van der Waals surface area (Å²) in [5, 5.41) is 0. The summed E-state index contributed by atoms with van der Waals surface area (Å²) in [6.07, 6.45) is 27.4. The predicted octanol–water partition coefficient (Wildman–Crippen LogP) is 7.55. The van der Waals surface area contributed by atoms with Crippen molar-refractivity contribution in [2.75, 3.05) is 27.2 Å². The summed E-state index contributed by atoms with van der Waals surface area (Å²) in [4.78, 5) is 2.29. The Morgan fingerprint density at radius 1 is 0.630 bits per heavy atom. The van der Waals surface area contributed by atoms with Gasteiger partial charge in [0.2, 0.25) is 0 Å². The van der Waals surface area contributed by atoms with Gasteiger partial charge in [0, 0.05) is 0 Å². The molecule has 1 saturated carbocycles. The summed E-state index contributed by atoms with van der Waals surface area (Å²) in [5.74, 6) is 0.865.